The molecule has 0 radical (unpaired) electrons. The molecule has 1 amide bonds. The lowest BCUT2D eigenvalue weighted by Gasteiger charge is -2.27. The predicted octanol–water partition coefficient (Wildman–Crippen LogP) is 1.89. The van der Waals surface area contributed by atoms with E-state index in [1.165, 1.54) is 25.4 Å². The number of anilines is 2. The van der Waals surface area contributed by atoms with Gasteiger partial charge in [0.05, 0.1) is 19.3 Å². The largest absolute Gasteiger partial charge is 0.464 e. The normalized spacial score (nSPS) is 13.4. The number of halogens is 1. The van der Waals surface area contributed by atoms with Crippen LogP contribution in [-0.4, -0.2) is 40.5 Å². The first-order valence-electron chi connectivity index (χ1n) is 7.10. The van der Waals surface area contributed by atoms with Crippen LogP contribution in [0.1, 0.15) is 28.0 Å². The summed E-state index contributed by atoms with van der Waals surface area (Å²) in [5, 5.41) is 3.28. The first kappa shape index (κ1) is 16.6. The van der Waals surface area contributed by atoms with Gasteiger partial charge in [0.15, 0.2) is 10.8 Å². The highest BCUT2D eigenvalue weighted by atomic mass is 35.5. The molecular formula is C14H14ClN5O3S. The fraction of sp³-hybridized carbons (Fsp3) is 0.357. The summed E-state index contributed by atoms with van der Waals surface area (Å²) < 4.78 is 4.68. The first-order valence-corrected chi connectivity index (χ1v) is 8.29. The van der Waals surface area contributed by atoms with Gasteiger partial charge in [-0.2, -0.15) is 0 Å². The third-order valence-electron chi connectivity index (χ3n) is 3.42. The van der Waals surface area contributed by atoms with Crippen molar-refractivity contribution in [1.82, 2.24) is 15.0 Å². The van der Waals surface area contributed by atoms with E-state index in [0.29, 0.717) is 30.5 Å². The Balaban J connectivity index is 1.85. The molecule has 0 aliphatic carbocycles. The molecule has 3 rings (SSSR count). The number of hydrogen-bond acceptors (Lipinski definition) is 8. The van der Waals surface area contributed by atoms with Crippen LogP contribution in [0.5, 0.6) is 0 Å². The summed E-state index contributed by atoms with van der Waals surface area (Å²) in [7, 11) is 1.28. The zero-order valence-corrected chi connectivity index (χ0v) is 14.6. The molecule has 0 aromatic carbocycles. The molecule has 1 aliphatic heterocycles. The van der Waals surface area contributed by atoms with Gasteiger partial charge in [-0.05, 0) is 11.6 Å². The number of amides is 1. The van der Waals surface area contributed by atoms with Crippen molar-refractivity contribution in [2.24, 2.45) is 0 Å². The van der Waals surface area contributed by atoms with E-state index < -0.39 is 5.97 Å². The Morgan fingerprint density at radius 1 is 1.38 bits per heavy atom. The molecule has 126 valence electrons. The number of ether oxygens (including phenoxy) is 1. The van der Waals surface area contributed by atoms with Crippen LogP contribution in [0.3, 0.4) is 0 Å². The van der Waals surface area contributed by atoms with E-state index in [0.717, 1.165) is 10.6 Å². The SMILES string of the molecule is COC(=O)c1cc(N2CCc3nc(NC(C)=O)sc3C2)nc(Cl)n1. The molecule has 1 N–H and O–H groups in total. The number of hydrogen-bond donors (Lipinski definition) is 1. The number of carbonyl (C=O) groups is 2. The topological polar surface area (TPSA) is 97.3 Å². The maximum atomic E-state index is 11.7. The highest BCUT2D eigenvalue weighted by Crippen LogP contribution is 2.30. The second-order valence-electron chi connectivity index (χ2n) is 5.11. The minimum atomic E-state index is -0.566. The third-order valence-corrected chi connectivity index (χ3v) is 4.58. The Kier molecular flexibility index (Phi) is 4.63. The van der Waals surface area contributed by atoms with E-state index in [2.05, 4.69) is 25.0 Å². The molecule has 24 heavy (non-hydrogen) atoms. The maximum Gasteiger partial charge on any atom is 0.356 e. The van der Waals surface area contributed by atoms with Crippen LogP contribution >= 0.6 is 22.9 Å². The molecule has 0 unspecified atom stereocenters. The zero-order valence-electron chi connectivity index (χ0n) is 13.0. The lowest BCUT2D eigenvalue weighted by molar-refractivity contribution is -0.114. The number of nitrogens with one attached hydrogen (secondary N) is 1. The summed E-state index contributed by atoms with van der Waals surface area (Å²) in [5.41, 5.74) is 1.08. The summed E-state index contributed by atoms with van der Waals surface area (Å²) in [4.78, 5) is 38.3. The zero-order chi connectivity index (χ0) is 17.3. The Morgan fingerprint density at radius 3 is 2.88 bits per heavy atom. The highest BCUT2D eigenvalue weighted by Gasteiger charge is 2.23. The van der Waals surface area contributed by atoms with E-state index in [1.807, 2.05) is 4.90 Å². The van der Waals surface area contributed by atoms with Gasteiger partial charge in [0, 0.05) is 30.8 Å². The molecule has 0 saturated carbocycles. The average molecular weight is 368 g/mol. The van der Waals surface area contributed by atoms with Crippen molar-refractivity contribution < 1.29 is 14.3 Å². The van der Waals surface area contributed by atoms with Crippen LogP contribution in [0.2, 0.25) is 5.28 Å². The number of fused-ring (bicyclic) bond motifs is 1. The minimum absolute atomic E-state index is 0.0121. The molecule has 1 aliphatic rings. The fourth-order valence-corrected chi connectivity index (χ4v) is 3.62. The molecular weight excluding hydrogens is 354 g/mol. The molecule has 8 nitrogen and oxygen atoms in total. The molecule has 10 heteroatoms. The number of esters is 1. The monoisotopic (exact) mass is 367 g/mol. The number of nitrogens with zero attached hydrogens (tertiary/aromatic N) is 4. The van der Waals surface area contributed by atoms with E-state index >= 15 is 0 Å². The molecule has 2 aromatic heterocycles. The van der Waals surface area contributed by atoms with Crippen molar-refractivity contribution in [3.8, 4) is 0 Å². The number of carbonyl (C=O) groups excluding carboxylic acids is 2. The van der Waals surface area contributed by atoms with E-state index in [-0.39, 0.29) is 16.9 Å². The van der Waals surface area contributed by atoms with Gasteiger partial charge >= 0.3 is 5.97 Å². The second kappa shape index (κ2) is 6.70. The highest BCUT2D eigenvalue weighted by molar-refractivity contribution is 7.15. The Labute approximate surface area is 146 Å². The van der Waals surface area contributed by atoms with Crippen molar-refractivity contribution in [3.63, 3.8) is 0 Å². The summed E-state index contributed by atoms with van der Waals surface area (Å²) in [5.74, 6) is -0.164. The Bertz CT molecular complexity index is 810. The van der Waals surface area contributed by atoms with Crippen LogP contribution in [0.4, 0.5) is 10.9 Å². The fourth-order valence-electron chi connectivity index (χ4n) is 2.37. The smallest absolute Gasteiger partial charge is 0.356 e. The molecule has 0 atom stereocenters. The van der Waals surface area contributed by atoms with Gasteiger partial charge in [-0.1, -0.05) is 11.3 Å². The lowest BCUT2D eigenvalue weighted by Crippen LogP contribution is -2.30. The van der Waals surface area contributed by atoms with Crippen LogP contribution in [0, 0.1) is 0 Å². The third kappa shape index (κ3) is 3.46. The summed E-state index contributed by atoms with van der Waals surface area (Å²) in [6.45, 7) is 2.69. The maximum absolute atomic E-state index is 11.7. The van der Waals surface area contributed by atoms with Gasteiger partial charge < -0.3 is 15.0 Å². The van der Waals surface area contributed by atoms with E-state index in [1.54, 1.807) is 6.07 Å². The van der Waals surface area contributed by atoms with Gasteiger partial charge in [0.25, 0.3) is 0 Å². The van der Waals surface area contributed by atoms with Crippen LogP contribution < -0.4 is 10.2 Å². The van der Waals surface area contributed by atoms with Crippen molar-refractivity contribution >= 4 is 45.8 Å². The lowest BCUT2D eigenvalue weighted by atomic mass is 10.2. The minimum Gasteiger partial charge on any atom is -0.464 e. The first-order chi connectivity index (χ1) is 11.5. The van der Waals surface area contributed by atoms with Gasteiger partial charge in [0.2, 0.25) is 11.2 Å². The van der Waals surface area contributed by atoms with Crippen molar-refractivity contribution in [2.75, 3.05) is 23.9 Å². The van der Waals surface area contributed by atoms with Gasteiger partial charge in [-0.3, -0.25) is 4.79 Å². The van der Waals surface area contributed by atoms with Crippen LogP contribution in [0.15, 0.2) is 6.07 Å². The van der Waals surface area contributed by atoms with Crippen molar-refractivity contribution in [2.45, 2.75) is 19.9 Å². The Hall–Kier alpha value is -2.26. The van der Waals surface area contributed by atoms with E-state index in [4.69, 9.17) is 11.6 Å². The van der Waals surface area contributed by atoms with Crippen LogP contribution in [0.25, 0.3) is 0 Å². The summed E-state index contributed by atoms with van der Waals surface area (Å²) >= 11 is 7.35. The number of rotatable bonds is 3. The molecule has 0 saturated heterocycles. The Morgan fingerprint density at radius 2 is 2.17 bits per heavy atom. The van der Waals surface area contributed by atoms with Gasteiger partial charge in [-0.25, -0.2) is 19.7 Å². The quantitative estimate of drug-likeness (QED) is 0.653. The molecule has 0 bridgehead atoms. The number of aromatic nitrogens is 3. The van der Waals surface area contributed by atoms with Gasteiger partial charge in [0.1, 0.15) is 5.82 Å². The van der Waals surface area contributed by atoms with Crippen molar-refractivity contribution in [1.29, 1.82) is 0 Å². The predicted molar refractivity (Wildman–Crippen MR) is 89.6 cm³/mol. The van der Waals surface area contributed by atoms with Crippen LogP contribution in [-0.2, 0) is 22.5 Å². The molecule has 0 spiro atoms. The number of thiazole rings is 1. The van der Waals surface area contributed by atoms with Gasteiger partial charge in [-0.15, -0.1) is 0 Å². The second-order valence-corrected chi connectivity index (χ2v) is 6.54. The number of methoxy groups -OCH3 is 1. The summed E-state index contributed by atoms with van der Waals surface area (Å²) in [6.07, 6.45) is 0.709. The molecule has 0 fully saturated rings. The van der Waals surface area contributed by atoms with Crippen molar-refractivity contribution in [3.05, 3.63) is 27.6 Å². The molecule has 3 heterocycles. The average Bonchev–Trinajstić information content (AvgIpc) is 2.93. The summed E-state index contributed by atoms with van der Waals surface area (Å²) in [6, 6.07) is 1.55. The molecule has 2 aromatic rings. The van der Waals surface area contributed by atoms with E-state index in [9.17, 15) is 9.59 Å². The standard InChI is InChI=1S/C14H14ClN5O3S/c1-7(21)16-14-18-8-3-4-20(6-10(8)24-14)11-5-9(12(22)23-2)17-13(15)19-11/h5H,3-4,6H2,1-2H3,(H,16,18,21).